The predicted octanol–water partition coefficient (Wildman–Crippen LogP) is 4.52. The van der Waals surface area contributed by atoms with E-state index in [-0.39, 0.29) is 6.79 Å². The molecule has 2 N–H and O–H groups in total. The van der Waals surface area contributed by atoms with Gasteiger partial charge < -0.3 is 20.1 Å². The lowest BCUT2D eigenvalue weighted by Crippen LogP contribution is -2.05. The van der Waals surface area contributed by atoms with E-state index in [0.717, 1.165) is 28.6 Å². The summed E-state index contributed by atoms with van der Waals surface area (Å²) >= 11 is 5.92. The fourth-order valence-corrected chi connectivity index (χ4v) is 2.77. The molecule has 2 aromatic carbocycles. The third-order valence-corrected chi connectivity index (χ3v) is 4.12. The summed E-state index contributed by atoms with van der Waals surface area (Å²) in [7, 11) is 0. The summed E-state index contributed by atoms with van der Waals surface area (Å²) in [6, 6.07) is 15.2. The lowest BCUT2D eigenvalue weighted by atomic mass is 10.2. The summed E-state index contributed by atoms with van der Waals surface area (Å²) in [4.78, 5) is 8.86. The topological polar surface area (TPSA) is 68.3 Å². The molecule has 1 aliphatic heterocycles. The molecular weight excluding hydrogens is 352 g/mol. The molecule has 132 valence electrons. The lowest BCUT2D eigenvalue weighted by Gasteiger charge is -2.11. The lowest BCUT2D eigenvalue weighted by molar-refractivity contribution is 0.174. The Kier molecular flexibility index (Phi) is 4.50. The van der Waals surface area contributed by atoms with Crippen LogP contribution in [0.4, 0.5) is 17.3 Å². The fraction of sp³-hybridized carbons (Fsp3) is 0.158. The van der Waals surface area contributed by atoms with Crippen LogP contribution in [0.3, 0.4) is 0 Å². The first-order valence-electron chi connectivity index (χ1n) is 8.16. The van der Waals surface area contributed by atoms with Crippen molar-refractivity contribution in [3.63, 3.8) is 0 Å². The first-order valence-corrected chi connectivity index (χ1v) is 8.54. The molecule has 0 saturated heterocycles. The highest BCUT2D eigenvalue weighted by Crippen LogP contribution is 2.32. The van der Waals surface area contributed by atoms with E-state index in [0.29, 0.717) is 23.2 Å². The quantitative estimate of drug-likeness (QED) is 0.690. The number of nitrogens with one attached hydrogen (secondary N) is 2. The van der Waals surface area contributed by atoms with Crippen LogP contribution in [0.2, 0.25) is 5.02 Å². The predicted molar refractivity (Wildman–Crippen MR) is 101 cm³/mol. The van der Waals surface area contributed by atoms with Gasteiger partial charge in [-0.05, 0) is 48.9 Å². The number of nitrogens with zero attached hydrogens (tertiary/aromatic N) is 2. The second-order valence-electron chi connectivity index (χ2n) is 5.86. The highest BCUT2D eigenvalue weighted by molar-refractivity contribution is 6.30. The zero-order valence-corrected chi connectivity index (χ0v) is 14.9. The molecule has 0 saturated carbocycles. The van der Waals surface area contributed by atoms with E-state index in [1.54, 1.807) is 0 Å². The molecule has 0 unspecified atom stereocenters. The number of aryl methyl sites for hydroxylation is 1. The van der Waals surface area contributed by atoms with Gasteiger partial charge in [0.2, 0.25) is 6.79 Å². The third kappa shape index (κ3) is 3.81. The fourth-order valence-electron chi connectivity index (χ4n) is 2.65. The van der Waals surface area contributed by atoms with Gasteiger partial charge in [0.15, 0.2) is 11.5 Å². The van der Waals surface area contributed by atoms with Crippen molar-refractivity contribution in [2.75, 3.05) is 17.4 Å². The average molecular weight is 369 g/mol. The standard InChI is InChI=1S/C19H17ClN4O2/c1-12-22-18(9-19(23-12)24-15-5-3-14(20)4-6-15)21-10-13-2-7-16-17(8-13)26-11-25-16/h2-9H,10-11H2,1H3,(H2,21,22,23,24). The Morgan fingerprint density at radius 1 is 0.962 bits per heavy atom. The Morgan fingerprint density at radius 2 is 1.73 bits per heavy atom. The molecule has 1 aromatic heterocycles. The van der Waals surface area contributed by atoms with Crippen molar-refractivity contribution in [3.8, 4) is 11.5 Å². The number of rotatable bonds is 5. The molecule has 0 atom stereocenters. The molecule has 4 rings (SSSR count). The van der Waals surface area contributed by atoms with Crippen molar-refractivity contribution in [1.82, 2.24) is 9.97 Å². The maximum absolute atomic E-state index is 5.92. The highest BCUT2D eigenvalue weighted by Gasteiger charge is 2.13. The van der Waals surface area contributed by atoms with Gasteiger partial charge in [0.05, 0.1) is 0 Å². The van der Waals surface area contributed by atoms with E-state index < -0.39 is 0 Å². The van der Waals surface area contributed by atoms with Crippen molar-refractivity contribution in [1.29, 1.82) is 0 Å². The van der Waals surface area contributed by atoms with E-state index >= 15 is 0 Å². The first-order chi connectivity index (χ1) is 12.7. The smallest absolute Gasteiger partial charge is 0.231 e. The second kappa shape index (κ2) is 7.09. The number of ether oxygens (including phenoxy) is 2. The zero-order chi connectivity index (χ0) is 17.9. The minimum absolute atomic E-state index is 0.275. The van der Waals surface area contributed by atoms with Gasteiger partial charge in [0.1, 0.15) is 17.5 Å². The van der Waals surface area contributed by atoms with Crippen LogP contribution in [0, 0.1) is 6.92 Å². The molecule has 26 heavy (non-hydrogen) atoms. The Morgan fingerprint density at radius 3 is 2.58 bits per heavy atom. The van der Waals surface area contributed by atoms with Gasteiger partial charge in [-0.2, -0.15) is 0 Å². The largest absolute Gasteiger partial charge is 0.454 e. The summed E-state index contributed by atoms with van der Waals surface area (Å²) in [6.45, 7) is 2.75. The molecule has 1 aliphatic rings. The molecule has 3 aromatic rings. The monoisotopic (exact) mass is 368 g/mol. The number of hydrogen-bond acceptors (Lipinski definition) is 6. The summed E-state index contributed by atoms with van der Waals surface area (Å²) < 4.78 is 10.7. The van der Waals surface area contributed by atoms with Crippen molar-refractivity contribution >= 4 is 28.9 Å². The van der Waals surface area contributed by atoms with Crippen LogP contribution in [0.1, 0.15) is 11.4 Å². The minimum Gasteiger partial charge on any atom is -0.454 e. The molecule has 2 heterocycles. The summed E-state index contributed by atoms with van der Waals surface area (Å²) in [5, 5.41) is 7.27. The van der Waals surface area contributed by atoms with Gasteiger partial charge in [-0.1, -0.05) is 17.7 Å². The van der Waals surface area contributed by atoms with Gasteiger partial charge in [0.25, 0.3) is 0 Å². The van der Waals surface area contributed by atoms with Gasteiger partial charge in [-0.3, -0.25) is 0 Å². The van der Waals surface area contributed by atoms with E-state index in [9.17, 15) is 0 Å². The van der Waals surface area contributed by atoms with Crippen molar-refractivity contribution < 1.29 is 9.47 Å². The van der Waals surface area contributed by atoms with E-state index in [1.165, 1.54) is 0 Å². The summed E-state index contributed by atoms with van der Waals surface area (Å²) in [5.74, 6) is 3.69. The number of fused-ring (bicyclic) bond motifs is 1. The van der Waals surface area contributed by atoms with Gasteiger partial charge in [-0.15, -0.1) is 0 Å². The van der Waals surface area contributed by atoms with Crippen LogP contribution in [-0.4, -0.2) is 16.8 Å². The Balaban J connectivity index is 1.46. The minimum atomic E-state index is 0.275. The number of benzene rings is 2. The average Bonchev–Trinajstić information content (AvgIpc) is 3.09. The van der Waals surface area contributed by atoms with Crippen LogP contribution >= 0.6 is 11.6 Å². The maximum atomic E-state index is 5.92. The van der Waals surface area contributed by atoms with Gasteiger partial charge >= 0.3 is 0 Å². The highest BCUT2D eigenvalue weighted by atomic mass is 35.5. The molecule has 0 radical (unpaired) electrons. The molecule has 0 aliphatic carbocycles. The van der Waals surface area contributed by atoms with Crippen LogP contribution in [-0.2, 0) is 6.54 Å². The molecule has 6 nitrogen and oxygen atoms in total. The summed E-state index contributed by atoms with van der Waals surface area (Å²) in [6.07, 6.45) is 0. The molecule has 0 amide bonds. The van der Waals surface area contributed by atoms with E-state index in [2.05, 4.69) is 20.6 Å². The Labute approximate surface area is 156 Å². The van der Waals surface area contributed by atoms with Crippen LogP contribution in [0.25, 0.3) is 0 Å². The Bertz CT molecular complexity index is 931. The summed E-state index contributed by atoms with van der Waals surface area (Å²) in [5.41, 5.74) is 1.99. The maximum Gasteiger partial charge on any atom is 0.231 e. The molecule has 0 spiro atoms. The number of aromatic nitrogens is 2. The van der Waals surface area contributed by atoms with Crippen molar-refractivity contribution in [2.24, 2.45) is 0 Å². The first kappa shape index (κ1) is 16.5. The number of anilines is 3. The van der Waals surface area contributed by atoms with E-state index in [1.807, 2.05) is 55.5 Å². The zero-order valence-electron chi connectivity index (χ0n) is 14.1. The SMILES string of the molecule is Cc1nc(NCc2ccc3c(c2)OCO3)cc(Nc2ccc(Cl)cc2)n1. The van der Waals surface area contributed by atoms with Gasteiger partial charge in [-0.25, -0.2) is 9.97 Å². The number of halogens is 1. The molecule has 0 bridgehead atoms. The van der Waals surface area contributed by atoms with Crippen LogP contribution in [0.5, 0.6) is 11.5 Å². The van der Waals surface area contributed by atoms with Gasteiger partial charge in [0, 0.05) is 23.3 Å². The molecular formula is C19H17ClN4O2. The Hall–Kier alpha value is -2.99. The van der Waals surface area contributed by atoms with E-state index in [4.69, 9.17) is 21.1 Å². The molecule has 0 fully saturated rings. The third-order valence-electron chi connectivity index (χ3n) is 3.87. The van der Waals surface area contributed by atoms with Crippen LogP contribution < -0.4 is 20.1 Å². The van der Waals surface area contributed by atoms with Crippen molar-refractivity contribution in [3.05, 3.63) is 64.9 Å². The molecule has 7 heteroatoms. The number of hydrogen-bond donors (Lipinski definition) is 2. The van der Waals surface area contributed by atoms with Crippen molar-refractivity contribution in [2.45, 2.75) is 13.5 Å². The second-order valence-corrected chi connectivity index (χ2v) is 6.30. The van der Waals surface area contributed by atoms with Crippen LogP contribution in [0.15, 0.2) is 48.5 Å². The normalized spacial score (nSPS) is 12.1.